The topological polar surface area (TPSA) is 26.0 Å². The van der Waals surface area contributed by atoms with Gasteiger partial charge < -0.3 is 5.73 Å². The Morgan fingerprint density at radius 1 is 0.600 bits per heavy atom. The predicted molar refractivity (Wildman–Crippen MR) is 99.8 cm³/mol. The summed E-state index contributed by atoms with van der Waals surface area (Å²) in [7, 11) is 0. The molecule has 0 aliphatic heterocycles. The second-order valence-electron chi connectivity index (χ2n) is 5.73. The zero-order valence-electron chi connectivity index (χ0n) is 13.3. The third-order valence-corrected chi connectivity index (χ3v) is 3.72. The summed E-state index contributed by atoms with van der Waals surface area (Å²) in [6.45, 7) is 3.14. The molecule has 0 aromatic carbocycles. The molecule has 20 heavy (non-hydrogen) atoms. The number of hydrogen-bond donors (Lipinski definition) is 1. The molecule has 0 aliphatic carbocycles. The van der Waals surface area contributed by atoms with E-state index < -0.39 is 0 Å². The minimum atomic E-state index is 0. The molecule has 0 saturated carbocycles. The maximum atomic E-state index is 5.47. The molecule has 0 aromatic rings. The van der Waals surface area contributed by atoms with Crippen molar-refractivity contribution >= 4 is 17.6 Å². The van der Waals surface area contributed by atoms with Gasteiger partial charge in [0.1, 0.15) is 0 Å². The van der Waals surface area contributed by atoms with Crippen molar-refractivity contribution in [3.8, 4) is 0 Å². The van der Waals surface area contributed by atoms with Gasteiger partial charge in [0, 0.05) is 0 Å². The Morgan fingerprint density at radius 3 is 1.45 bits per heavy atom. The van der Waals surface area contributed by atoms with E-state index in [0.29, 0.717) is 0 Å². The molecule has 0 radical (unpaired) electrons. The van der Waals surface area contributed by atoms with E-state index in [4.69, 9.17) is 5.73 Å². The predicted octanol–water partition coefficient (Wildman–Crippen LogP) is 4.53. The Balaban J connectivity index is 0. The molecule has 0 rings (SSSR count). The fourth-order valence-corrected chi connectivity index (χ4v) is 2.39. The molecule has 0 spiro atoms. The van der Waals surface area contributed by atoms with Crippen LogP contribution in [-0.4, -0.2) is 24.1 Å². The van der Waals surface area contributed by atoms with E-state index in [0.717, 1.165) is 6.54 Å². The number of rotatable bonds is 15. The fourth-order valence-electron chi connectivity index (χ4n) is 2.39. The van der Waals surface area contributed by atoms with Crippen molar-refractivity contribution in [1.29, 1.82) is 0 Å². The molecule has 0 amide bonds. The SMILES string of the molecule is CCCCCCCC/C=C\CCCCCCCCN.[GeH4]. The van der Waals surface area contributed by atoms with E-state index in [-0.39, 0.29) is 17.6 Å². The molecule has 0 atom stereocenters. The molecular weight excluding hydrogens is 303 g/mol. The average molecular weight is 344 g/mol. The van der Waals surface area contributed by atoms with Crippen LogP contribution in [0.2, 0.25) is 0 Å². The van der Waals surface area contributed by atoms with Gasteiger partial charge in [-0.3, -0.25) is 0 Å². The maximum absolute atomic E-state index is 5.47. The van der Waals surface area contributed by atoms with Crippen LogP contribution in [0.5, 0.6) is 0 Å². The van der Waals surface area contributed by atoms with Crippen LogP contribution < -0.4 is 5.73 Å². The molecule has 0 heterocycles. The number of allylic oxidation sites excluding steroid dienone is 2. The molecule has 0 saturated heterocycles. The first-order chi connectivity index (χ1) is 9.41. The van der Waals surface area contributed by atoms with E-state index in [2.05, 4.69) is 19.1 Å². The van der Waals surface area contributed by atoms with E-state index >= 15 is 0 Å². The van der Waals surface area contributed by atoms with Crippen LogP contribution in [0.1, 0.15) is 96.8 Å². The van der Waals surface area contributed by atoms with Gasteiger partial charge in [-0.2, -0.15) is 0 Å². The average Bonchev–Trinajstić information content (AvgIpc) is 2.43. The molecule has 0 fully saturated rings. The molecule has 2 heteroatoms. The van der Waals surface area contributed by atoms with Gasteiger partial charge in [0.25, 0.3) is 0 Å². The van der Waals surface area contributed by atoms with Crippen molar-refractivity contribution in [1.82, 2.24) is 0 Å². The van der Waals surface area contributed by atoms with Crippen LogP contribution in [-0.2, 0) is 0 Å². The van der Waals surface area contributed by atoms with Gasteiger partial charge in [0.2, 0.25) is 0 Å². The van der Waals surface area contributed by atoms with Crippen LogP contribution in [0.15, 0.2) is 12.2 Å². The van der Waals surface area contributed by atoms with Gasteiger partial charge in [-0.25, -0.2) is 0 Å². The molecule has 0 bridgehead atoms. The normalized spacial score (nSPS) is 10.9. The van der Waals surface area contributed by atoms with Crippen LogP contribution >= 0.6 is 0 Å². The molecule has 0 aromatic heterocycles. The third-order valence-electron chi connectivity index (χ3n) is 3.72. The van der Waals surface area contributed by atoms with Crippen LogP contribution in [0.4, 0.5) is 0 Å². The number of unbranched alkanes of at least 4 members (excludes halogenated alkanes) is 12. The summed E-state index contributed by atoms with van der Waals surface area (Å²) in [5.41, 5.74) is 5.47. The number of hydrogen-bond acceptors (Lipinski definition) is 1. The van der Waals surface area contributed by atoms with Crippen molar-refractivity contribution < 1.29 is 0 Å². The van der Waals surface area contributed by atoms with Crippen LogP contribution in [0.25, 0.3) is 0 Å². The Morgan fingerprint density at radius 2 is 1.00 bits per heavy atom. The molecule has 122 valence electrons. The zero-order chi connectivity index (χ0) is 14.0. The zero-order valence-corrected chi connectivity index (χ0v) is 13.3. The second kappa shape index (κ2) is 21.5. The summed E-state index contributed by atoms with van der Waals surface area (Å²) in [4.78, 5) is 0. The van der Waals surface area contributed by atoms with Gasteiger partial charge in [-0.05, 0) is 38.6 Å². The summed E-state index contributed by atoms with van der Waals surface area (Å²) in [6.07, 6.45) is 23.9. The molecule has 1 nitrogen and oxygen atoms in total. The van der Waals surface area contributed by atoms with Gasteiger partial charge in [-0.15, -0.1) is 0 Å². The molecule has 2 N–H and O–H groups in total. The van der Waals surface area contributed by atoms with Crippen molar-refractivity contribution in [2.75, 3.05) is 6.54 Å². The van der Waals surface area contributed by atoms with E-state index in [1.165, 1.54) is 89.9 Å². The van der Waals surface area contributed by atoms with Crippen molar-refractivity contribution in [3.05, 3.63) is 12.2 Å². The van der Waals surface area contributed by atoms with E-state index in [1.54, 1.807) is 0 Å². The second-order valence-corrected chi connectivity index (χ2v) is 5.73. The molecular formula is C18H41GeN. The first-order valence-electron chi connectivity index (χ1n) is 8.77. The Hall–Kier alpha value is 0.243. The molecule has 0 unspecified atom stereocenters. The monoisotopic (exact) mass is 345 g/mol. The minimum absolute atomic E-state index is 0. The third kappa shape index (κ3) is 20.6. The quantitative estimate of drug-likeness (QED) is 0.264. The van der Waals surface area contributed by atoms with Crippen molar-refractivity contribution in [2.45, 2.75) is 96.8 Å². The van der Waals surface area contributed by atoms with Crippen molar-refractivity contribution in [2.24, 2.45) is 5.73 Å². The summed E-state index contributed by atoms with van der Waals surface area (Å²) in [5.74, 6) is 0. The van der Waals surface area contributed by atoms with Crippen LogP contribution in [0.3, 0.4) is 0 Å². The Kier molecular flexibility index (Phi) is 24.3. The van der Waals surface area contributed by atoms with Gasteiger partial charge in [0.05, 0.1) is 0 Å². The van der Waals surface area contributed by atoms with Crippen molar-refractivity contribution in [3.63, 3.8) is 0 Å². The van der Waals surface area contributed by atoms with Gasteiger partial charge in [0.15, 0.2) is 0 Å². The standard InChI is InChI=1S/C18H37N.GeH4/c1-2-3-4-5-6-7-8-9-10-11-12-13-14-15-16-17-18-19;/h9-10H,2-8,11-19H2,1H3;1H4/b10-9-;. The fraction of sp³-hybridized carbons (Fsp3) is 0.889. The first kappa shape index (κ1) is 22.5. The van der Waals surface area contributed by atoms with E-state index in [1.807, 2.05) is 0 Å². The summed E-state index contributed by atoms with van der Waals surface area (Å²) < 4.78 is 0. The van der Waals surface area contributed by atoms with E-state index in [9.17, 15) is 0 Å². The Labute approximate surface area is 139 Å². The molecule has 0 aliphatic rings. The Bertz CT molecular complexity index is 180. The summed E-state index contributed by atoms with van der Waals surface area (Å²) in [5, 5.41) is 0. The summed E-state index contributed by atoms with van der Waals surface area (Å²) >= 11 is 0. The van der Waals surface area contributed by atoms with Gasteiger partial charge >= 0.3 is 17.6 Å². The van der Waals surface area contributed by atoms with Crippen LogP contribution in [0, 0.1) is 0 Å². The first-order valence-corrected chi connectivity index (χ1v) is 8.77. The number of nitrogens with two attached hydrogens (primary N) is 1. The summed E-state index contributed by atoms with van der Waals surface area (Å²) in [6, 6.07) is 0. The van der Waals surface area contributed by atoms with Gasteiger partial charge in [-0.1, -0.05) is 76.9 Å².